The van der Waals surface area contributed by atoms with Gasteiger partial charge in [0.25, 0.3) is 14.4 Å². The summed E-state index contributed by atoms with van der Waals surface area (Å²) in [5.41, 5.74) is 7.13. The van der Waals surface area contributed by atoms with Gasteiger partial charge in [-0.3, -0.25) is 9.36 Å². The number of anilines is 1. The van der Waals surface area contributed by atoms with Gasteiger partial charge in [0, 0.05) is 24.8 Å². The predicted molar refractivity (Wildman–Crippen MR) is 150 cm³/mol. The molecule has 0 aliphatic rings. The largest absolute Gasteiger partial charge is 0.377 e. The molecule has 3 rings (SSSR count). The lowest BCUT2D eigenvalue weighted by Crippen LogP contribution is -2.44. The minimum Gasteiger partial charge on any atom is -0.377 e. The molecule has 3 aromatic rings. The average molecular weight is 575 g/mol. The zero-order valence-electron chi connectivity index (χ0n) is 23.3. The molecular weight excluding hydrogens is 538 g/mol. The quantitative estimate of drug-likeness (QED) is 0.200. The summed E-state index contributed by atoms with van der Waals surface area (Å²) in [6, 6.07) is 9.72. The van der Waals surface area contributed by atoms with Gasteiger partial charge in [0.05, 0.1) is 38.1 Å². The molecule has 4 atom stereocenters. The molecule has 14 heteroatoms. The number of hydrogen-bond acceptors (Lipinski definition) is 10. The number of methoxy groups -OCH3 is 1. The van der Waals surface area contributed by atoms with E-state index < -0.39 is 27.0 Å². The lowest BCUT2D eigenvalue weighted by Gasteiger charge is -2.36. The van der Waals surface area contributed by atoms with Gasteiger partial charge in [-0.25, -0.2) is 24.0 Å². The van der Waals surface area contributed by atoms with Crippen LogP contribution in [0.2, 0.25) is 0 Å². The second kappa shape index (κ2) is 15.0. The molecule has 2 heterocycles. The first-order chi connectivity index (χ1) is 19.2. The first-order valence-electron chi connectivity index (χ1n) is 12.9. The number of nitrogens with two attached hydrogens (primary N) is 1. The molecule has 1 unspecified atom stereocenters. The molecule has 0 saturated carbocycles. The summed E-state index contributed by atoms with van der Waals surface area (Å²) in [4.78, 5) is 25.1. The molecule has 0 fully saturated rings. The fraction of sp³-hybridized carbons (Fsp3) is 0.500. The van der Waals surface area contributed by atoms with Gasteiger partial charge in [-0.1, -0.05) is 18.2 Å². The van der Waals surface area contributed by atoms with Crippen molar-refractivity contribution in [3.05, 3.63) is 48.5 Å². The molecule has 0 saturated heterocycles. The number of hydrogen-bond donors (Lipinski definition) is 2. The molecule has 0 aliphatic heterocycles. The van der Waals surface area contributed by atoms with E-state index in [1.54, 1.807) is 30.3 Å². The summed E-state index contributed by atoms with van der Waals surface area (Å²) < 4.78 is 36.6. The maximum atomic E-state index is 15.8. The van der Waals surface area contributed by atoms with E-state index in [1.165, 1.54) is 24.3 Å². The lowest BCUT2D eigenvalue weighted by molar-refractivity contribution is -0.00000677. The van der Waals surface area contributed by atoms with Gasteiger partial charge in [-0.15, -0.1) is 0 Å². The van der Waals surface area contributed by atoms with Gasteiger partial charge in [0.15, 0.2) is 23.3 Å². The minimum atomic E-state index is -1.79. The Hall–Kier alpha value is -3.11. The Labute approximate surface area is 234 Å². The standard InChI is InChI=1S/C26H36FN8O4P/c1-17(2)35(18(3)4)40(38-13-9-12-28)39-14-20(37-5)21(29)23(27)34-16-32-22-24(30-15-31-25(22)34)33-26(36)19-10-7-6-8-11-19/h6-8,10-11,15-18,20-21,23H,9,13-14,29H2,1-5H3,(H,30,31,33,36)/t20-,21-,23+,40?/m1/s1. The van der Waals surface area contributed by atoms with E-state index in [4.69, 9.17) is 24.8 Å². The van der Waals surface area contributed by atoms with Crippen LogP contribution in [0.15, 0.2) is 43.0 Å². The molecule has 3 N–H and O–H groups in total. The predicted octanol–water partition coefficient (Wildman–Crippen LogP) is 4.18. The van der Waals surface area contributed by atoms with Crippen molar-refractivity contribution >= 4 is 31.4 Å². The Morgan fingerprint density at radius 2 is 1.88 bits per heavy atom. The first-order valence-corrected chi connectivity index (χ1v) is 14.0. The number of aromatic nitrogens is 4. The third kappa shape index (κ3) is 7.75. The summed E-state index contributed by atoms with van der Waals surface area (Å²) in [6.45, 7) is 8.24. The number of carbonyl (C=O) groups is 1. The SMILES string of the molecule is CO[C@H](COP(OCCC#N)N(C(C)C)C(C)C)[C@@H](N)[C@@H](F)n1cnc2c(NC(=O)c3ccccc3)ncnc21. The van der Waals surface area contributed by atoms with Crippen LogP contribution in [0, 0.1) is 11.3 Å². The number of amides is 1. The third-order valence-corrected chi connectivity index (χ3v) is 8.03. The zero-order valence-corrected chi connectivity index (χ0v) is 24.2. The van der Waals surface area contributed by atoms with E-state index in [-0.39, 0.29) is 54.6 Å². The van der Waals surface area contributed by atoms with Crippen molar-refractivity contribution in [2.75, 3.05) is 25.6 Å². The van der Waals surface area contributed by atoms with E-state index in [1.807, 2.05) is 27.7 Å². The van der Waals surface area contributed by atoms with Crippen LogP contribution >= 0.6 is 8.53 Å². The monoisotopic (exact) mass is 574 g/mol. The van der Waals surface area contributed by atoms with Gasteiger partial charge in [-0.2, -0.15) is 5.26 Å². The van der Waals surface area contributed by atoms with Crippen molar-refractivity contribution in [3.8, 4) is 6.07 Å². The van der Waals surface area contributed by atoms with Gasteiger partial charge in [0.1, 0.15) is 12.4 Å². The normalized spacial score (nSPS) is 14.8. The molecule has 0 bridgehead atoms. The van der Waals surface area contributed by atoms with Crippen LogP contribution in [0.3, 0.4) is 0 Å². The van der Waals surface area contributed by atoms with Gasteiger partial charge < -0.3 is 24.8 Å². The maximum Gasteiger partial charge on any atom is 0.259 e. The van der Waals surface area contributed by atoms with Crippen LogP contribution in [-0.4, -0.2) is 74.6 Å². The van der Waals surface area contributed by atoms with E-state index in [9.17, 15) is 4.79 Å². The number of nitriles is 1. The summed E-state index contributed by atoms with van der Waals surface area (Å²) in [7, 11) is -0.134. The number of rotatable bonds is 15. The van der Waals surface area contributed by atoms with Crippen LogP contribution < -0.4 is 11.1 Å². The molecule has 1 aromatic carbocycles. The average Bonchev–Trinajstić information content (AvgIpc) is 3.38. The van der Waals surface area contributed by atoms with Crippen molar-refractivity contribution in [1.29, 1.82) is 5.26 Å². The molecule has 12 nitrogen and oxygen atoms in total. The molecule has 216 valence electrons. The number of fused-ring (bicyclic) bond motifs is 1. The smallest absolute Gasteiger partial charge is 0.259 e. The van der Waals surface area contributed by atoms with Crippen molar-refractivity contribution in [3.63, 3.8) is 0 Å². The number of nitrogens with one attached hydrogen (secondary N) is 1. The number of alkyl halides is 1. The fourth-order valence-electron chi connectivity index (χ4n) is 4.04. The van der Waals surface area contributed by atoms with Crippen LogP contribution in [0.25, 0.3) is 11.2 Å². The highest BCUT2D eigenvalue weighted by Crippen LogP contribution is 2.46. The molecule has 0 spiro atoms. The Bertz CT molecular complexity index is 1260. The second-order valence-electron chi connectivity index (χ2n) is 9.43. The molecule has 0 aliphatic carbocycles. The molecule has 1 amide bonds. The Balaban J connectivity index is 1.76. The van der Waals surface area contributed by atoms with Gasteiger partial charge >= 0.3 is 0 Å². The second-order valence-corrected chi connectivity index (χ2v) is 10.9. The number of ether oxygens (including phenoxy) is 1. The van der Waals surface area contributed by atoms with E-state index >= 15 is 4.39 Å². The Kier molecular flexibility index (Phi) is 11.8. The molecule has 40 heavy (non-hydrogen) atoms. The van der Waals surface area contributed by atoms with E-state index in [0.717, 1.165) is 0 Å². The van der Waals surface area contributed by atoms with Crippen molar-refractivity contribution in [1.82, 2.24) is 24.2 Å². The lowest BCUT2D eigenvalue weighted by atomic mass is 10.1. The van der Waals surface area contributed by atoms with Gasteiger partial charge in [0.2, 0.25) is 0 Å². The van der Waals surface area contributed by atoms with Crippen LogP contribution in [0.1, 0.15) is 50.8 Å². The van der Waals surface area contributed by atoms with Crippen molar-refractivity contribution in [2.45, 2.75) is 64.6 Å². The van der Waals surface area contributed by atoms with Gasteiger partial charge in [-0.05, 0) is 39.8 Å². The van der Waals surface area contributed by atoms with E-state index in [2.05, 4.69) is 31.0 Å². The first kappa shape index (κ1) is 31.4. The maximum absolute atomic E-state index is 15.8. The number of nitrogens with zero attached hydrogens (tertiary/aromatic N) is 6. The summed E-state index contributed by atoms with van der Waals surface area (Å²) in [5.74, 6) is -0.238. The molecule has 2 aromatic heterocycles. The number of carbonyl (C=O) groups excluding carboxylic acids is 1. The number of halogens is 1. The summed E-state index contributed by atoms with van der Waals surface area (Å²) >= 11 is 0. The van der Waals surface area contributed by atoms with Crippen LogP contribution in [0.5, 0.6) is 0 Å². The van der Waals surface area contributed by atoms with Crippen molar-refractivity contribution in [2.24, 2.45) is 5.73 Å². The number of imidazole rings is 1. The van der Waals surface area contributed by atoms with Crippen LogP contribution in [0.4, 0.5) is 10.2 Å². The molecule has 0 radical (unpaired) electrons. The minimum absolute atomic E-state index is 0.0493. The van der Waals surface area contributed by atoms with Crippen LogP contribution in [-0.2, 0) is 13.8 Å². The van der Waals surface area contributed by atoms with E-state index in [0.29, 0.717) is 5.56 Å². The highest BCUT2D eigenvalue weighted by molar-refractivity contribution is 7.44. The van der Waals surface area contributed by atoms with Crippen molar-refractivity contribution < 1.29 is 23.0 Å². The Morgan fingerprint density at radius 3 is 2.50 bits per heavy atom. The topological polar surface area (TPSA) is 153 Å². The summed E-state index contributed by atoms with van der Waals surface area (Å²) in [5, 5.41) is 11.6. The highest BCUT2D eigenvalue weighted by atomic mass is 31.2. The Morgan fingerprint density at radius 1 is 1.18 bits per heavy atom. The molecular formula is C26H36FN8O4P. The number of benzene rings is 1. The third-order valence-electron chi connectivity index (χ3n) is 5.95. The fourth-order valence-corrected chi connectivity index (χ4v) is 5.66. The zero-order chi connectivity index (χ0) is 29.2. The summed E-state index contributed by atoms with van der Waals surface area (Å²) in [6.07, 6.45) is 0.0526. The highest BCUT2D eigenvalue weighted by Gasteiger charge is 2.33.